The summed E-state index contributed by atoms with van der Waals surface area (Å²) in [5, 5.41) is 7.87. The number of nitrogens with one attached hydrogen (secondary N) is 1. The molecule has 0 fully saturated rings. The Labute approximate surface area is 152 Å². The van der Waals surface area contributed by atoms with Gasteiger partial charge in [0.2, 0.25) is 0 Å². The van der Waals surface area contributed by atoms with Gasteiger partial charge >= 0.3 is 0 Å². The van der Waals surface area contributed by atoms with E-state index >= 15 is 0 Å². The zero-order valence-corrected chi connectivity index (χ0v) is 14.8. The zero-order chi connectivity index (χ0) is 17.2. The molecule has 0 aliphatic heterocycles. The number of hydrogen-bond acceptors (Lipinski definition) is 3. The van der Waals surface area contributed by atoms with Crippen LogP contribution in [0.5, 0.6) is 0 Å². The lowest BCUT2D eigenvalue weighted by molar-refractivity contribution is 0.0955. The predicted molar refractivity (Wildman–Crippen MR) is 103 cm³/mol. The molecule has 2 aromatic heterocycles. The second-order valence-corrected chi connectivity index (χ2v) is 7.51. The highest BCUT2D eigenvalue weighted by atomic mass is 32.1. The Morgan fingerprint density at radius 2 is 1.96 bits per heavy atom. The number of fused-ring (bicyclic) bond motifs is 1. The van der Waals surface area contributed by atoms with Gasteiger partial charge in [-0.05, 0) is 63.2 Å². The minimum atomic E-state index is -0.290. The number of benzene rings is 2. The van der Waals surface area contributed by atoms with E-state index in [1.165, 1.54) is 23.5 Å². The van der Waals surface area contributed by atoms with Gasteiger partial charge in [-0.1, -0.05) is 24.3 Å². The average Bonchev–Trinajstić information content (AvgIpc) is 3.29. The lowest BCUT2D eigenvalue weighted by Crippen LogP contribution is -2.22. The number of carbonyl (C=O) groups is 1. The van der Waals surface area contributed by atoms with Gasteiger partial charge in [0.25, 0.3) is 5.91 Å². The Morgan fingerprint density at radius 1 is 1.08 bits per heavy atom. The molecule has 25 heavy (non-hydrogen) atoms. The van der Waals surface area contributed by atoms with Gasteiger partial charge in [0, 0.05) is 11.2 Å². The Morgan fingerprint density at radius 3 is 2.80 bits per heavy atom. The van der Waals surface area contributed by atoms with Crippen molar-refractivity contribution < 1.29 is 9.18 Å². The molecular formula is C20H14FNOS2. The number of halogens is 1. The van der Waals surface area contributed by atoms with Crippen LogP contribution in [-0.2, 0) is 6.54 Å². The number of amides is 1. The predicted octanol–water partition coefficient (Wildman–Crippen LogP) is 5.70. The second-order valence-electron chi connectivity index (χ2n) is 5.64. The number of hydrogen-bond donors (Lipinski definition) is 1. The molecule has 0 spiro atoms. The molecule has 0 atom stereocenters. The molecule has 0 saturated heterocycles. The highest BCUT2D eigenvalue weighted by Crippen LogP contribution is 2.27. The van der Waals surface area contributed by atoms with Crippen LogP contribution in [0.3, 0.4) is 0 Å². The van der Waals surface area contributed by atoms with E-state index in [0.717, 1.165) is 26.8 Å². The maximum Gasteiger partial charge on any atom is 0.261 e. The fourth-order valence-electron chi connectivity index (χ4n) is 2.76. The summed E-state index contributed by atoms with van der Waals surface area (Å²) in [6.45, 7) is 0.452. The maximum atomic E-state index is 13.3. The highest BCUT2D eigenvalue weighted by Gasteiger charge is 2.12. The van der Waals surface area contributed by atoms with Gasteiger partial charge in [-0.3, -0.25) is 4.79 Å². The van der Waals surface area contributed by atoms with Gasteiger partial charge in [-0.15, -0.1) is 11.3 Å². The van der Waals surface area contributed by atoms with E-state index in [4.69, 9.17) is 0 Å². The molecule has 0 radical (unpaired) electrons. The van der Waals surface area contributed by atoms with Crippen molar-refractivity contribution in [1.29, 1.82) is 0 Å². The molecule has 1 amide bonds. The summed E-state index contributed by atoms with van der Waals surface area (Å²) in [4.78, 5) is 13.1. The summed E-state index contributed by atoms with van der Waals surface area (Å²) in [5.74, 6) is -0.427. The SMILES string of the molecule is O=C(NCc1ccccc1-c1ccsc1)c1cc2cc(F)ccc2s1. The molecule has 0 bridgehead atoms. The molecule has 124 valence electrons. The van der Waals surface area contributed by atoms with Crippen molar-refractivity contribution in [2.24, 2.45) is 0 Å². The van der Waals surface area contributed by atoms with Crippen molar-refractivity contribution in [1.82, 2.24) is 5.32 Å². The minimum absolute atomic E-state index is 0.137. The van der Waals surface area contributed by atoms with Crippen LogP contribution in [0.15, 0.2) is 65.4 Å². The van der Waals surface area contributed by atoms with Crippen LogP contribution >= 0.6 is 22.7 Å². The molecule has 0 aliphatic carbocycles. The molecule has 4 rings (SSSR count). The van der Waals surface area contributed by atoms with Crippen molar-refractivity contribution in [2.45, 2.75) is 6.54 Å². The van der Waals surface area contributed by atoms with Crippen molar-refractivity contribution >= 4 is 38.7 Å². The number of rotatable bonds is 4. The van der Waals surface area contributed by atoms with E-state index in [2.05, 4.69) is 22.8 Å². The topological polar surface area (TPSA) is 29.1 Å². The van der Waals surface area contributed by atoms with Crippen LogP contribution in [0.4, 0.5) is 4.39 Å². The van der Waals surface area contributed by atoms with Gasteiger partial charge < -0.3 is 5.32 Å². The van der Waals surface area contributed by atoms with Crippen LogP contribution in [-0.4, -0.2) is 5.91 Å². The van der Waals surface area contributed by atoms with Crippen LogP contribution < -0.4 is 5.32 Å². The molecule has 0 unspecified atom stereocenters. The normalized spacial score (nSPS) is 10.9. The molecule has 5 heteroatoms. The standard InChI is InChI=1S/C20H14FNOS2/c21-16-5-6-18-15(9-16)10-19(25-18)20(23)22-11-13-3-1-2-4-17(13)14-7-8-24-12-14/h1-10,12H,11H2,(H,22,23). The van der Waals surface area contributed by atoms with Crippen LogP contribution in [0, 0.1) is 5.82 Å². The molecular weight excluding hydrogens is 353 g/mol. The van der Waals surface area contributed by atoms with E-state index in [0.29, 0.717) is 11.4 Å². The smallest absolute Gasteiger partial charge is 0.261 e. The fourth-order valence-corrected chi connectivity index (χ4v) is 4.38. The molecule has 2 heterocycles. The van der Waals surface area contributed by atoms with E-state index < -0.39 is 0 Å². The summed E-state index contributed by atoms with van der Waals surface area (Å²) < 4.78 is 14.2. The Hall–Kier alpha value is -2.50. The first kappa shape index (κ1) is 16.0. The van der Waals surface area contributed by atoms with Crippen molar-refractivity contribution in [3.05, 3.63) is 81.6 Å². The van der Waals surface area contributed by atoms with Crippen molar-refractivity contribution in [3.63, 3.8) is 0 Å². The van der Waals surface area contributed by atoms with E-state index in [1.807, 2.05) is 23.6 Å². The first-order valence-corrected chi connectivity index (χ1v) is 9.54. The van der Waals surface area contributed by atoms with Gasteiger partial charge in [-0.25, -0.2) is 4.39 Å². The zero-order valence-electron chi connectivity index (χ0n) is 13.2. The summed E-state index contributed by atoms with van der Waals surface area (Å²) >= 11 is 3.03. The third kappa shape index (κ3) is 3.34. The Kier molecular flexibility index (Phi) is 4.34. The Bertz CT molecular complexity index is 1040. The lowest BCUT2D eigenvalue weighted by atomic mass is 10.0. The molecule has 2 aromatic carbocycles. The van der Waals surface area contributed by atoms with E-state index in [1.54, 1.807) is 23.5 Å². The molecule has 2 nitrogen and oxygen atoms in total. The first-order chi connectivity index (χ1) is 12.2. The molecule has 4 aromatic rings. The summed E-state index contributed by atoms with van der Waals surface area (Å²) in [7, 11) is 0. The van der Waals surface area contributed by atoms with Gasteiger partial charge in [0.15, 0.2) is 0 Å². The van der Waals surface area contributed by atoms with Crippen LogP contribution in [0.25, 0.3) is 21.2 Å². The monoisotopic (exact) mass is 367 g/mol. The first-order valence-electron chi connectivity index (χ1n) is 7.78. The number of thiophene rings is 2. The van der Waals surface area contributed by atoms with Gasteiger partial charge in [-0.2, -0.15) is 11.3 Å². The fraction of sp³-hybridized carbons (Fsp3) is 0.0500. The number of carbonyl (C=O) groups excluding carboxylic acids is 1. The van der Waals surface area contributed by atoms with Gasteiger partial charge in [0.1, 0.15) is 5.82 Å². The van der Waals surface area contributed by atoms with Gasteiger partial charge in [0.05, 0.1) is 4.88 Å². The summed E-state index contributed by atoms with van der Waals surface area (Å²) in [5.41, 5.74) is 3.36. The second kappa shape index (κ2) is 6.78. The largest absolute Gasteiger partial charge is 0.347 e. The van der Waals surface area contributed by atoms with Crippen LogP contribution in [0.1, 0.15) is 15.2 Å². The van der Waals surface area contributed by atoms with Crippen molar-refractivity contribution in [2.75, 3.05) is 0 Å². The van der Waals surface area contributed by atoms with E-state index in [9.17, 15) is 9.18 Å². The lowest BCUT2D eigenvalue weighted by Gasteiger charge is -2.09. The molecule has 1 N–H and O–H groups in total. The maximum absolute atomic E-state index is 13.3. The van der Waals surface area contributed by atoms with Crippen molar-refractivity contribution in [3.8, 4) is 11.1 Å². The third-order valence-corrected chi connectivity index (χ3v) is 5.79. The molecule has 0 aliphatic rings. The summed E-state index contributed by atoms with van der Waals surface area (Å²) in [6, 6.07) is 16.4. The van der Waals surface area contributed by atoms with E-state index in [-0.39, 0.29) is 11.7 Å². The van der Waals surface area contributed by atoms with Crippen LogP contribution in [0.2, 0.25) is 0 Å². The highest BCUT2D eigenvalue weighted by molar-refractivity contribution is 7.20. The molecule has 0 saturated carbocycles. The third-order valence-electron chi connectivity index (χ3n) is 3.99. The Balaban J connectivity index is 1.54. The summed E-state index contributed by atoms with van der Waals surface area (Å²) in [6.07, 6.45) is 0. The quantitative estimate of drug-likeness (QED) is 0.493. The minimum Gasteiger partial charge on any atom is -0.347 e. The average molecular weight is 367 g/mol.